The number of nitro groups is 1. The van der Waals surface area contributed by atoms with E-state index in [1.807, 2.05) is 6.92 Å². The Balaban J connectivity index is 1.93. The Hall–Kier alpha value is -2.55. The summed E-state index contributed by atoms with van der Waals surface area (Å²) in [5.41, 5.74) is 0.209. The van der Waals surface area contributed by atoms with E-state index in [0.717, 1.165) is 12.1 Å². The van der Waals surface area contributed by atoms with Gasteiger partial charge in [-0.05, 0) is 49.5 Å². The second kappa shape index (κ2) is 6.76. The van der Waals surface area contributed by atoms with Crippen LogP contribution in [0.1, 0.15) is 32.3 Å². The molecular formula is C20H24N4O4S. The number of carbonyl (C=O) groups excluding carboxylic acids is 2. The monoisotopic (exact) mass is 416 g/mol. The summed E-state index contributed by atoms with van der Waals surface area (Å²) >= 11 is 5.37. The van der Waals surface area contributed by atoms with Gasteiger partial charge in [0.05, 0.1) is 11.0 Å². The van der Waals surface area contributed by atoms with Gasteiger partial charge < -0.3 is 4.90 Å². The maximum Gasteiger partial charge on any atom is 0.269 e. The van der Waals surface area contributed by atoms with Crippen molar-refractivity contribution < 1.29 is 14.5 Å². The molecular weight excluding hydrogens is 392 g/mol. The molecule has 4 rings (SSSR count). The number of rotatable bonds is 2. The quantitative estimate of drug-likeness (QED) is 0.318. The highest BCUT2D eigenvalue weighted by Crippen LogP contribution is 2.50. The van der Waals surface area contributed by atoms with E-state index in [1.165, 1.54) is 21.9 Å². The average molecular weight is 417 g/mol. The van der Waals surface area contributed by atoms with Gasteiger partial charge in [-0.2, -0.15) is 0 Å². The van der Waals surface area contributed by atoms with Gasteiger partial charge in [-0.15, -0.1) is 0 Å². The Kier molecular flexibility index (Phi) is 4.60. The van der Waals surface area contributed by atoms with Crippen molar-refractivity contribution in [3.8, 4) is 0 Å². The zero-order valence-electron chi connectivity index (χ0n) is 16.8. The van der Waals surface area contributed by atoms with E-state index in [9.17, 15) is 19.7 Å². The van der Waals surface area contributed by atoms with Crippen molar-refractivity contribution in [1.82, 2.24) is 9.80 Å². The summed E-state index contributed by atoms with van der Waals surface area (Å²) in [6.07, 6.45) is 1.81. The van der Waals surface area contributed by atoms with Gasteiger partial charge >= 0.3 is 0 Å². The first-order valence-electron chi connectivity index (χ1n) is 9.90. The SMILES string of the molecule is CCN1C(=O)[C@]2(Cc3cc([N+](=O)[O-])ccc3N3CC[C@@H](C)C[C@@H]32)C(=O)N(C)C1=S. The van der Waals surface area contributed by atoms with Crippen LogP contribution in [0.5, 0.6) is 0 Å². The molecule has 154 valence electrons. The van der Waals surface area contributed by atoms with Crippen LogP contribution in [0, 0.1) is 21.4 Å². The summed E-state index contributed by atoms with van der Waals surface area (Å²) in [6.45, 7) is 5.06. The van der Waals surface area contributed by atoms with E-state index in [-0.39, 0.29) is 35.1 Å². The fourth-order valence-electron chi connectivity index (χ4n) is 5.12. The number of piperidine rings is 1. The molecule has 1 spiro atoms. The fraction of sp³-hybridized carbons (Fsp3) is 0.550. The molecule has 3 aliphatic heterocycles. The van der Waals surface area contributed by atoms with Gasteiger partial charge in [0.2, 0.25) is 11.8 Å². The molecule has 0 bridgehead atoms. The first-order valence-corrected chi connectivity index (χ1v) is 10.3. The molecule has 0 aliphatic carbocycles. The van der Waals surface area contributed by atoms with Crippen molar-refractivity contribution in [2.75, 3.05) is 25.0 Å². The summed E-state index contributed by atoms with van der Waals surface area (Å²) in [4.78, 5) is 43.2. The van der Waals surface area contributed by atoms with Crippen LogP contribution in [0.3, 0.4) is 0 Å². The highest BCUT2D eigenvalue weighted by atomic mass is 32.1. The topological polar surface area (TPSA) is 87.0 Å². The van der Waals surface area contributed by atoms with Crippen molar-refractivity contribution in [3.05, 3.63) is 33.9 Å². The third-order valence-electron chi connectivity index (χ3n) is 6.63. The van der Waals surface area contributed by atoms with E-state index < -0.39 is 10.3 Å². The summed E-state index contributed by atoms with van der Waals surface area (Å²) in [5.74, 6) is -0.213. The van der Waals surface area contributed by atoms with E-state index >= 15 is 0 Å². The molecule has 9 heteroatoms. The maximum absolute atomic E-state index is 13.7. The van der Waals surface area contributed by atoms with Crippen molar-refractivity contribution in [2.45, 2.75) is 39.2 Å². The number of nitro benzene ring substituents is 1. The minimum atomic E-state index is -1.32. The van der Waals surface area contributed by atoms with Crippen LogP contribution >= 0.6 is 12.2 Å². The van der Waals surface area contributed by atoms with E-state index in [2.05, 4.69) is 11.8 Å². The van der Waals surface area contributed by atoms with Crippen LogP contribution in [-0.2, 0) is 16.0 Å². The van der Waals surface area contributed by atoms with Gasteiger partial charge in [0.1, 0.15) is 0 Å². The van der Waals surface area contributed by atoms with E-state index in [1.54, 1.807) is 13.1 Å². The van der Waals surface area contributed by atoms with Crippen molar-refractivity contribution in [1.29, 1.82) is 0 Å². The number of amides is 2. The molecule has 3 atom stereocenters. The van der Waals surface area contributed by atoms with Gasteiger partial charge in [-0.3, -0.25) is 29.5 Å². The number of thiocarbonyl (C=S) groups is 1. The smallest absolute Gasteiger partial charge is 0.269 e. The van der Waals surface area contributed by atoms with Gasteiger partial charge in [-0.25, -0.2) is 0 Å². The minimum Gasteiger partial charge on any atom is -0.367 e. The van der Waals surface area contributed by atoms with Crippen LogP contribution in [-0.4, -0.2) is 57.8 Å². The third-order valence-corrected chi connectivity index (χ3v) is 7.13. The molecule has 2 fully saturated rings. The molecule has 0 aromatic heterocycles. The molecule has 0 unspecified atom stereocenters. The van der Waals surface area contributed by atoms with Gasteiger partial charge in [0.25, 0.3) is 5.69 Å². The van der Waals surface area contributed by atoms with Crippen LogP contribution < -0.4 is 4.90 Å². The lowest BCUT2D eigenvalue weighted by Crippen LogP contribution is -2.72. The Labute approximate surface area is 174 Å². The lowest BCUT2D eigenvalue weighted by atomic mass is 9.64. The molecule has 0 radical (unpaired) electrons. The zero-order chi connectivity index (χ0) is 21.1. The highest BCUT2D eigenvalue weighted by Gasteiger charge is 2.63. The number of nitrogens with zero attached hydrogens (tertiary/aromatic N) is 4. The van der Waals surface area contributed by atoms with Crippen molar-refractivity contribution >= 4 is 40.5 Å². The molecule has 2 saturated heterocycles. The van der Waals surface area contributed by atoms with Crippen LogP contribution in [0.25, 0.3) is 0 Å². The van der Waals surface area contributed by atoms with E-state index in [0.29, 0.717) is 31.0 Å². The lowest BCUT2D eigenvalue weighted by Gasteiger charge is -2.56. The Bertz CT molecular complexity index is 935. The average Bonchev–Trinajstić information content (AvgIpc) is 2.70. The summed E-state index contributed by atoms with van der Waals surface area (Å²) in [5, 5.41) is 11.5. The second-order valence-electron chi connectivity index (χ2n) is 8.25. The minimum absolute atomic E-state index is 0.0327. The summed E-state index contributed by atoms with van der Waals surface area (Å²) < 4.78 is 0. The van der Waals surface area contributed by atoms with E-state index in [4.69, 9.17) is 12.2 Å². The largest absolute Gasteiger partial charge is 0.367 e. The number of carbonyl (C=O) groups is 2. The summed E-state index contributed by atoms with van der Waals surface area (Å²) in [6, 6.07) is 4.47. The number of hydrogen-bond acceptors (Lipinski definition) is 6. The Morgan fingerprint density at radius 2 is 2.03 bits per heavy atom. The predicted molar refractivity (Wildman–Crippen MR) is 112 cm³/mol. The van der Waals surface area contributed by atoms with Gasteiger partial charge in [0.15, 0.2) is 10.5 Å². The molecule has 29 heavy (non-hydrogen) atoms. The number of non-ortho nitro benzene ring substituents is 1. The van der Waals surface area contributed by atoms with Gasteiger partial charge in [-0.1, -0.05) is 6.92 Å². The number of benzene rings is 1. The maximum atomic E-state index is 13.7. The van der Waals surface area contributed by atoms with Crippen LogP contribution in [0.4, 0.5) is 11.4 Å². The normalized spacial score (nSPS) is 29.2. The molecule has 1 aromatic carbocycles. The molecule has 1 aromatic rings. The second-order valence-corrected chi connectivity index (χ2v) is 8.62. The molecule has 2 amide bonds. The first-order chi connectivity index (χ1) is 13.7. The first kappa shape index (κ1) is 19.8. The number of anilines is 1. The predicted octanol–water partition coefficient (Wildman–Crippen LogP) is 2.35. The van der Waals surface area contributed by atoms with Crippen molar-refractivity contribution in [3.63, 3.8) is 0 Å². The Morgan fingerprint density at radius 1 is 1.31 bits per heavy atom. The van der Waals surface area contributed by atoms with Gasteiger partial charge in [0, 0.05) is 44.4 Å². The third kappa shape index (κ3) is 2.67. The number of fused-ring (bicyclic) bond motifs is 4. The molecule has 3 heterocycles. The molecule has 0 saturated carbocycles. The zero-order valence-corrected chi connectivity index (χ0v) is 17.6. The molecule has 3 aliphatic rings. The Morgan fingerprint density at radius 3 is 2.69 bits per heavy atom. The lowest BCUT2D eigenvalue weighted by molar-refractivity contribution is -0.384. The molecule has 8 nitrogen and oxygen atoms in total. The van der Waals surface area contributed by atoms with Crippen molar-refractivity contribution in [2.24, 2.45) is 11.3 Å². The number of hydrogen-bond donors (Lipinski definition) is 0. The highest BCUT2D eigenvalue weighted by molar-refractivity contribution is 7.80. The van der Waals surface area contributed by atoms with Crippen LogP contribution in [0.15, 0.2) is 18.2 Å². The summed E-state index contributed by atoms with van der Waals surface area (Å²) in [7, 11) is 1.61. The standard InChI is InChI=1S/C20H24N4O4S/c1-4-22-18(26)20(17(25)21(3)19(22)29)11-13-10-14(24(27)28)5-6-15(13)23-8-7-12(2)9-16(20)23/h5-6,10,12,16H,4,7-9,11H2,1-3H3/t12-,16-,20+/m1/s1. The van der Waals surface area contributed by atoms with Crippen LogP contribution in [0.2, 0.25) is 0 Å². The molecule has 0 N–H and O–H groups in total. The fourth-order valence-corrected chi connectivity index (χ4v) is 5.42.